The highest BCUT2D eigenvalue weighted by molar-refractivity contribution is 7.99. The number of aliphatic hydroxyl groups excluding tert-OH is 3. The molecule has 0 spiro atoms. The topological polar surface area (TPSA) is 143 Å². The number of nitrogens with zero attached hydrogens (tertiary/aromatic N) is 3. The average Bonchev–Trinajstić information content (AvgIpc) is 3.08. The Morgan fingerprint density at radius 3 is 2.67 bits per heavy atom. The summed E-state index contributed by atoms with van der Waals surface area (Å²) in [5, 5.41) is 29.6. The number of hydrogen-bond acceptors (Lipinski definition) is 8. The fourth-order valence-corrected chi connectivity index (χ4v) is 3.80. The molecule has 0 radical (unpaired) electrons. The Balaban J connectivity index is 1.90. The number of imidazole rings is 1. The molecule has 0 bridgehead atoms. The molecule has 10 nitrogen and oxygen atoms in total. The number of aliphatic hydroxyl groups is 3. The molecule has 30 heavy (non-hydrogen) atoms. The Bertz CT molecular complexity index is 1140. The van der Waals surface area contributed by atoms with Crippen molar-refractivity contribution >= 4 is 22.9 Å². The van der Waals surface area contributed by atoms with Gasteiger partial charge in [-0.05, 0) is 18.6 Å². The van der Waals surface area contributed by atoms with Gasteiger partial charge in [-0.2, -0.15) is 0 Å². The number of hydrogen-bond donors (Lipinski definition) is 4. The lowest BCUT2D eigenvalue weighted by Gasteiger charge is -2.16. The summed E-state index contributed by atoms with van der Waals surface area (Å²) in [6, 6.07) is 7.41. The van der Waals surface area contributed by atoms with Crippen LogP contribution in [0, 0.1) is 6.92 Å². The van der Waals surface area contributed by atoms with Crippen LogP contribution in [-0.2, 0) is 13.6 Å². The number of benzene rings is 1. The molecular formula is C19H24N4O6S. The largest absolute Gasteiger partial charge is 0.491 e. The molecule has 0 aliphatic rings. The maximum Gasteiger partial charge on any atom is 0.329 e. The van der Waals surface area contributed by atoms with E-state index in [0.717, 1.165) is 17.3 Å². The number of H-pyrrole nitrogens is 1. The van der Waals surface area contributed by atoms with Gasteiger partial charge in [-0.1, -0.05) is 30.0 Å². The Kier molecular flexibility index (Phi) is 6.98. The second-order valence-corrected chi connectivity index (χ2v) is 7.86. The number of aromatic amines is 1. The van der Waals surface area contributed by atoms with Crippen molar-refractivity contribution in [1.82, 2.24) is 19.1 Å². The molecule has 2 heterocycles. The molecule has 11 heteroatoms. The second-order valence-electron chi connectivity index (χ2n) is 6.87. The number of thioether (sulfide) groups is 1. The molecule has 0 amide bonds. The SMILES string of the molecule is Cc1ccccc1OC[C@@H](O)Cn1c(SC[C@@H](O)CO)nc2c1c(=O)[nH]c(=O)n2C. The molecule has 2 atom stereocenters. The van der Waals surface area contributed by atoms with Crippen LogP contribution in [0.15, 0.2) is 39.0 Å². The summed E-state index contributed by atoms with van der Waals surface area (Å²) in [6.45, 7) is 1.45. The molecule has 1 aromatic carbocycles. The van der Waals surface area contributed by atoms with Gasteiger partial charge < -0.3 is 24.6 Å². The van der Waals surface area contributed by atoms with Gasteiger partial charge >= 0.3 is 5.69 Å². The van der Waals surface area contributed by atoms with E-state index < -0.39 is 30.1 Å². The molecule has 0 saturated carbocycles. The summed E-state index contributed by atoms with van der Waals surface area (Å²) in [5.74, 6) is 0.773. The normalized spacial score (nSPS) is 13.5. The van der Waals surface area contributed by atoms with E-state index >= 15 is 0 Å². The smallest absolute Gasteiger partial charge is 0.329 e. The van der Waals surface area contributed by atoms with E-state index in [2.05, 4.69) is 9.97 Å². The lowest BCUT2D eigenvalue weighted by Crippen LogP contribution is -2.30. The quantitative estimate of drug-likeness (QED) is 0.333. The Hall–Kier alpha value is -2.60. The zero-order valence-electron chi connectivity index (χ0n) is 16.6. The number of rotatable bonds is 9. The van der Waals surface area contributed by atoms with Gasteiger partial charge in [0.15, 0.2) is 16.3 Å². The van der Waals surface area contributed by atoms with Crippen LogP contribution >= 0.6 is 11.8 Å². The minimum Gasteiger partial charge on any atom is -0.491 e. The number of aromatic nitrogens is 4. The first-order valence-corrected chi connectivity index (χ1v) is 10.3. The third-order valence-corrected chi connectivity index (χ3v) is 5.63. The van der Waals surface area contributed by atoms with E-state index in [1.807, 2.05) is 25.1 Å². The highest BCUT2D eigenvalue weighted by Crippen LogP contribution is 2.23. The van der Waals surface area contributed by atoms with Crippen LogP contribution in [0.25, 0.3) is 11.2 Å². The molecule has 3 aromatic rings. The highest BCUT2D eigenvalue weighted by Gasteiger charge is 2.21. The first-order valence-electron chi connectivity index (χ1n) is 9.29. The number of nitrogens with one attached hydrogen (secondary N) is 1. The molecule has 0 aliphatic carbocycles. The second kappa shape index (κ2) is 9.47. The minimum absolute atomic E-state index is 0.0127. The van der Waals surface area contributed by atoms with Crippen LogP contribution in [0.1, 0.15) is 5.56 Å². The van der Waals surface area contributed by atoms with E-state index in [0.29, 0.717) is 10.9 Å². The van der Waals surface area contributed by atoms with Crippen molar-refractivity contribution in [3.8, 4) is 5.75 Å². The van der Waals surface area contributed by atoms with Gasteiger partial charge in [-0.15, -0.1) is 0 Å². The highest BCUT2D eigenvalue weighted by atomic mass is 32.2. The Morgan fingerprint density at radius 2 is 1.97 bits per heavy atom. The fraction of sp³-hybridized carbons (Fsp3) is 0.421. The summed E-state index contributed by atoms with van der Waals surface area (Å²) >= 11 is 1.11. The van der Waals surface area contributed by atoms with Crippen LogP contribution < -0.4 is 16.0 Å². The van der Waals surface area contributed by atoms with E-state index in [9.17, 15) is 19.8 Å². The molecule has 2 aromatic heterocycles. The Morgan fingerprint density at radius 1 is 1.23 bits per heavy atom. The molecule has 0 saturated heterocycles. The Labute approximate surface area is 175 Å². The van der Waals surface area contributed by atoms with Crippen molar-refractivity contribution in [2.75, 3.05) is 19.0 Å². The van der Waals surface area contributed by atoms with Crippen LogP contribution in [0.4, 0.5) is 0 Å². The van der Waals surface area contributed by atoms with Crippen molar-refractivity contribution in [1.29, 1.82) is 0 Å². The third-order valence-electron chi connectivity index (χ3n) is 4.51. The maximum absolute atomic E-state index is 12.4. The van der Waals surface area contributed by atoms with Gasteiger partial charge in [0, 0.05) is 12.8 Å². The molecule has 0 unspecified atom stereocenters. The van der Waals surface area contributed by atoms with Gasteiger partial charge in [-0.3, -0.25) is 14.3 Å². The van der Waals surface area contributed by atoms with Crippen molar-refractivity contribution in [2.45, 2.75) is 30.8 Å². The predicted octanol–water partition coefficient (Wildman–Crippen LogP) is -0.383. The summed E-state index contributed by atoms with van der Waals surface area (Å²) in [4.78, 5) is 30.9. The molecule has 4 N–H and O–H groups in total. The zero-order valence-corrected chi connectivity index (χ0v) is 17.4. The zero-order chi connectivity index (χ0) is 21.8. The number of para-hydroxylation sites is 1. The van der Waals surface area contributed by atoms with E-state index in [-0.39, 0.29) is 30.1 Å². The van der Waals surface area contributed by atoms with Crippen LogP contribution in [0.5, 0.6) is 5.75 Å². The number of ether oxygens (including phenoxy) is 1. The van der Waals surface area contributed by atoms with Crippen molar-refractivity contribution in [3.05, 3.63) is 50.7 Å². The third kappa shape index (κ3) is 4.75. The fourth-order valence-electron chi connectivity index (χ4n) is 2.89. The molecule has 0 fully saturated rings. The van der Waals surface area contributed by atoms with Crippen molar-refractivity contribution in [2.24, 2.45) is 7.05 Å². The molecule has 3 rings (SSSR count). The monoisotopic (exact) mass is 436 g/mol. The summed E-state index contributed by atoms with van der Waals surface area (Å²) in [6.07, 6.45) is -1.94. The average molecular weight is 436 g/mol. The minimum atomic E-state index is -0.973. The standard InChI is InChI=1S/C19H24N4O6S/c1-11-5-3-4-6-14(11)29-9-12(25)7-23-15-16(22(2)18(28)21-17(15)27)20-19(23)30-10-13(26)8-24/h3-6,12-13,24-26H,7-10H2,1-2H3,(H,21,27,28)/t12-,13-/m0/s1. The van der Waals surface area contributed by atoms with Crippen LogP contribution in [0.2, 0.25) is 0 Å². The van der Waals surface area contributed by atoms with Gasteiger partial charge in [-0.25, -0.2) is 9.78 Å². The first kappa shape index (κ1) is 22.1. The van der Waals surface area contributed by atoms with Crippen molar-refractivity contribution in [3.63, 3.8) is 0 Å². The maximum atomic E-state index is 12.4. The van der Waals surface area contributed by atoms with Gasteiger partial charge in [0.2, 0.25) is 0 Å². The number of aryl methyl sites for hydroxylation is 2. The summed E-state index contributed by atoms with van der Waals surface area (Å²) in [5.41, 5.74) is -0.00189. The van der Waals surface area contributed by atoms with E-state index in [1.165, 1.54) is 16.2 Å². The predicted molar refractivity (Wildman–Crippen MR) is 112 cm³/mol. The molecule has 0 aliphatic heterocycles. The van der Waals surface area contributed by atoms with Gasteiger partial charge in [0.1, 0.15) is 18.5 Å². The molecular weight excluding hydrogens is 412 g/mol. The summed E-state index contributed by atoms with van der Waals surface area (Å²) < 4.78 is 8.38. The van der Waals surface area contributed by atoms with Gasteiger partial charge in [0.05, 0.1) is 19.3 Å². The number of fused-ring (bicyclic) bond motifs is 1. The van der Waals surface area contributed by atoms with E-state index in [1.54, 1.807) is 6.07 Å². The first-order chi connectivity index (χ1) is 14.3. The van der Waals surface area contributed by atoms with E-state index in [4.69, 9.17) is 9.84 Å². The van der Waals surface area contributed by atoms with Crippen molar-refractivity contribution < 1.29 is 20.1 Å². The lowest BCUT2D eigenvalue weighted by molar-refractivity contribution is 0.0910. The molecule has 162 valence electrons. The van der Waals surface area contributed by atoms with Crippen LogP contribution in [-0.4, -0.2) is 65.6 Å². The lowest BCUT2D eigenvalue weighted by atomic mass is 10.2. The van der Waals surface area contributed by atoms with Crippen LogP contribution in [0.3, 0.4) is 0 Å². The van der Waals surface area contributed by atoms with Gasteiger partial charge in [0.25, 0.3) is 5.56 Å². The summed E-state index contributed by atoms with van der Waals surface area (Å²) in [7, 11) is 1.48.